The molecule has 1 N–H and O–H groups in total. The molecule has 0 aliphatic rings. The van der Waals surface area contributed by atoms with Crippen LogP contribution in [0.3, 0.4) is 0 Å². The van der Waals surface area contributed by atoms with Crippen LogP contribution in [0.1, 0.15) is 116 Å². The minimum Gasteiger partial charge on any atom is -0.473 e. The van der Waals surface area contributed by atoms with E-state index < -0.39 is 11.9 Å². The highest BCUT2D eigenvalue weighted by Crippen LogP contribution is 2.14. The number of hydrogen-bond acceptors (Lipinski definition) is 3. The van der Waals surface area contributed by atoms with E-state index in [9.17, 15) is 9.59 Å². The van der Waals surface area contributed by atoms with Crippen molar-refractivity contribution in [2.24, 2.45) is 0 Å². The van der Waals surface area contributed by atoms with Crippen LogP contribution in [-0.2, 0) is 14.3 Å². The molecule has 0 saturated heterocycles. The van der Waals surface area contributed by atoms with Crippen LogP contribution in [0.2, 0.25) is 0 Å². The average molecular weight is 357 g/mol. The molecule has 0 aromatic heterocycles. The second-order valence-electron chi connectivity index (χ2n) is 7.10. The lowest BCUT2D eigenvalue weighted by Crippen LogP contribution is -2.16. The van der Waals surface area contributed by atoms with Crippen LogP contribution in [0.4, 0.5) is 0 Å². The number of aliphatic carboxylic acids is 1. The zero-order valence-corrected chi connectivity index (χ0v) is 16.4. The molecule has 0 rings (SSSR count). The highest BCUT2D eigenvalue weighted by atomic mass is 16.6. The van der Waals surface area contributed by atoms with Gasteiger partial charge in [0.05, 0.1) is 6.61 Å². The van der Waals surface area contributed by atoms with Gasteiger partial charge in [-0.3, -0.25) is 0 Å². The summed E-state index contributed by atoms with van der Waals surface area (Å²) in [5.41, 5.74) is 0. The fourth-order valence-electron chi connectivity index (χ4n) is 3.05. The van der Waals surface area contributed by atoms with Crippen LogP contribution in [0, 0.1) is 0 Å². The summed E-state index contributed by atoms with van der Waals surface area (Å²) < 4.78 is 4.59. The third kappa shape index (κ3) is 19.1. The Balaban J connectivity index is 3.05. The molecule has 0 radical (unpaired) electrons. The lowest BCUT2D eigenvalue weighted by atomic mass is 10.0. The second kappa shape index (κ2) is 19.3. The molecular formula is C21H40O4. The zero-order chi connectivity index (χ0) is 18.6. The molecule has 4 heteroatoms. The fraction of sp³-hybridized carbons (Fsp3) is 0.905. The van der Waals surface area contributed by atoms with E-state index in [0.717, 1.165) is 19.3 Å². The number of carboxylic acids is 1. The average Bonchev–Trinajstić information content (AvgIpc) is 2.60. The molecule has 0 aromatic carbocycles. The first-order valence-electron chi connectivity index (χ1n) is 10.6. The lowest BCUT2D eigenvalue weighted by Gasteiger charge is -2.04. The zero-order valence-electron chi connectivity index (χ0n) is 16.4. The number of esters is 1. The Morgan fingerprint density at radius 1 is 0.600 bits per heavy atom. The van der Waals surface area contributed by atoms with Crippen molar-refractivity contribution in [1.29, 1.82) is 0 Å². The highest BCUT2D eigenvalue weighted by Gasteiger charge is 2.11. The van der Waals surface area contributed by atoms with Crippen molar-refractivity contribution >= 4 is 11.9 Å². The van der Waals surface area contributed by atoms with Crippen molar-refractivity contribution in [3.63, 3.8) is 0 Å². The maximum atomic E-state index is 10.7. The normalized spacial score (nSPS) is 10.8. The number of rotatable bonds is 18. The van der Waals surface area contributed by atoms with Gasteiger partial charge < -0.3 is 9.84 Å². The molecule has 25 heavy (non-hydrogen) atoms. The first kappa shape index (κ1) is 23.9. The van der Waals surface area contributed by atoms with E-state index in [2.05, 4.69) is 11.7 Å². The van der Waals surface area contributed by atoms with Gasteiger partial charge in [-0.25, -0.2) is 9.59 Å². The lowest BCUT2D eigenvalue weighted by molar-refractivity contribution is -0.163. The van der Waals surface area contributed by atoms with E-state index in [0.29, 0.717) is 0 Å². The van der Waals surface area contributed by atoms with E-state index in [1.165, 1.54) is 89.9 Å². The van der Waals surface area contributed by atoms with Crippen molar-refractivity contribution in [2.75, 3.05) is 6.61 Å². The molecule has 0 aliphatic carbocycles. The summed E-state index contributed by atoms with van der Waals surface area (Å²) in [5, 5.41) is 8.35. The first-order chi connectivity index (χ1) is 12.2. The number of hydrogen-bond donors (Lipinski definition) is 1. The molecule has 0 aliphatic heterocycles. The van der Waals surface area contributed by atoms with E-state index in [1.54, 1.807) is 0 Å². The Morgan fingerprint density at radius 3 is 1.24 bits per heavy atom. The van der Waals surface area contributed by atoms with Gasteiger partial charge in [-0.2, -0.15) is 0 Å². The Labute approximate surface area is 154 Å². The predicted molar refractivity (Wildman–Crippen MR) is 103 cm³/mol. The molecule has 0 bridgehead atoms. The molecule has 4 nitrogen and oxygen atoms in total. The van der Waals surface area contributed by atoms with Crippen LogP contribution < -0.4 is 0 Å². The third-order valence-corrected chi connectivity index (χ3v) is 4.66. The van der Waals surface area contributed by atoms with Gasteiger partial charge in [-0.1, -0.05) is 110 Å². The van der Waals surface area contributed by atoms with E-state index in [4.69, 9.17) is 5.11 Å². The van der Waals surface area contributed by atoms with Crippen LogP contribution >= 0.6 is 0 Å². The minimum atomic E-state index is -1.51. The molecule has 0 atom stereocenters. The molecule has 0 amide bonds. The van der Waals surface area contributed by atoms with Crippen LogP contribution in [0.25, 0.3) is 0 Å². The number of unbranched alkanes of at least 4 members (excludes halogenated alkanes) is 16. The van der Waals surface area contributed by atoms with Crippen molar-refractivity contribution in [1.82, 2.24) is 0 Å². The van der Waals surface area contributed by atoms with E-state index in [1.807, 2.05) is 0 Å². The van der Waals surface area contributed by atoms with Crippen LogP contribution in [-0.4, -0.2) is 23.7 Å². The van der Waals surface area contributed by atoms with Gasteiger partial charge in [0, 0.05) is 0 Å². The minimum absolute atomic E-state index is 0.226. The number of ether oxygens (including phenoxy) is 1. The van der Waals surface area contributed by atoms with Gasteiger partial charge in [0.15, 0.2) is 0 Å². The maximum absolute atomic E-state index is 10.7. The molecule has 0 saturated carbocycles. The molecular weight excluding hydrogens is 316 g/mol. The standard InChI is InChI=1S/C21H40O4/c1-2-3-4-5-6-7-8-9-10-11-12-13-14-15-16-17-18-19-25-21(24)20(22)23/h2-19H2,1H3,(H,22,23). The number of carbonyl (C=O) groups is 2. The number of carbonyl (C=O) groups excluding carboxylic acids is 1. The molecule has 0 fully saturated rings. The summed E-state index contributed by atoms with van der Waals surface area (Å²) in [6.07, 6.45) is 22.1. The predicted octanol–water partition coefficient (Wildman–Crippen LogP) is 6.27. The van der Waals surface area contributed by atoms with E-state index in [-0.39, 0.29) is 6.61 Å². The summed E-state index contributed by atoms with van der Waals surface area (Å²) in [5.74, 6) is -2.65. The molecule has 0 heterocycles. The summed E-state index contributed by atoms with van der Waals surface area (Å²) in [7, 11) is 0. The Kier molecular flexibility index (Phi) is 18.5. The van der Waals surface area contributed by atoms with E-state index >= 15 is 0 Å². The number of carboxylic acid groups (broad SMARTS) is 1. The third-order valence-electron chi connectivity index (χ3n) is 4.66. The Morgan fingerprint density at radius 2 is 0.920 bits per heavy atom. The highest BCUT2D eigenvalue weighted by molar-refractivity contribution is 6.28. The van der Waals surface area contributed by atoms with Crippen LogP contribution in [0.5, 0.6) is 0 Å². The van der Waals surface area contributed by atoms with Crippen molar-refractivity contribution < 1.29 is 19.4 Å². The van der Waals surface area contributed by atoms with Gasteiger partial charge in [0.2, 0.25) is 0 Å². The second-order valence-corrected chi connectivity index (χ2v) is 7.10. The van der Waals surface area contributed by atoms with Crippen molar-refractivity contribution in [3.05, 3.63) is 0 Å². The molecule has 0 aromatic rings. The Hall–Kier alpha value is -1.06. The topological polar surface area (TPSA) is 63.6 Å². The fourth-order valence-corrected chi connectivity index (χ4v) is 3.05. The molecule has 0 spiro atoms. The monoisotopic (exact) mass is 356 g/mol. The van der Waals surface area contributed by atoms with Crippen molar-refractivity contribution in [3.8, 4) is 0 Å². The van der Waals surface area contributed by atoms with Crippen LogP contribution in [0.15, 0.2) is 0 Å². The SMILES string of the molecule is CCCCCCCCCCCCCCCCCCCOC(=O)C(=O)O. The smallest absolute Gasteiger partial charge is 0.417 e. The Bertz CT molecular complexity index is 315. The first-order valence-corrected chi connectivity index (χ1v) is 10.6. The molecule has 148 valence electrons. The maximum Gasteiger partial charge on any atom is 0.417 e. The summed E-state index contributed by atoms with van der Waals surface area (Å²) in [6.45, 7) is 2.49. The quantitative estimate of drug-likeness (QED) is 0.179. The molecule has 0 unspecified atom stereocenters. The summed E-state index contributed by atoms with van der Waals surface area (Å²) in [4.78, 5) is 20.9. The summed E-state index contributed by atoms with van der Waals surface area (Å²) >= 11 is 0. The van der Waals surface area contributed by atoms with Gasteiger partial charge >= 0.3 is 11.9 Å². The van der Waals surface area contributed by atoms with Gasteiger partial charge in [0.1, 0.15) is 0 Å². The van der Waals surface area contributed by atoms with Crippen molar-refractivity contribution in [2.45, 2.75) is 116 Å². The van der Waals surface area contributed by atoms with Gasteiger partial charge in [-0.15, -0.1) is 0 Å². The largest absolute Gasteiger partial charge is 0.473 e. The summed E-state index contributed by atoms with van der Waals surface area (Å²) in [6, 6.07) is 0. The van der Waals surface area contributed by atoms with Gasteiger partial charge in [0.25, 0.3) is 0 Å². The van der Waals surface area contributed by atoms with Gasteiger partial charge in [-0.05, 0) is 6.42 Å².